The van der Waals surface area contributed by atoms with Gasteiger partial charge in [-0.05, 0) is 19.2 Å². The highest BCUT2D eigenvalue weighted by Crippen LogP contribution is 2.26. The molecule has 1 heterocycles. The molecule has 0 atom stereocenters. The van der Waals surface area contributed by atoms with Gasteiger partial charge in [0.2, 0.25) is 0 Å². The lowest BCUT2D eigenvalue weighted by Gasteiger charge is -2.34. The molecule has 110 valence electrons. The van der Waals surface area contributed by atoms with E-state index in [1.54, 1.807) is 12.1 Å². The molecular formula is C14H19FN2O3. The Morgan fingerprint density at radius 3 is 2.65 bits per heavy atom. The molecule has 0 radical (unpaired) electrons. The third-order valence-electron chi connectivity index (χ3n) is 3.40. The van der Waals surface area contributed by atoms with Gasteiger partial charge in [0.1, 0.15) is 24.6 Å². The maximum absolute atomic E-state index is 12.2. The lowest BCUT2D eigenvalue weighted by Crippen LogP contribution is -2.44. The molecule has 0 amide bonds. The molecule has 1 aromatic rings. The minimum absolute atomic E-state index is 0.0660. The number of hydrogen-bond acceptors (Lipinski definition) is 4. The summed E-state index contributed by atoms with van der Waals surface area (Å²) in [6.45, 7) is 2.91. The SMILES string of the molecule is CN1CCN(c2ccc(C(=O)O)c(OCCF)c2)CC1. The van der Waals surface area contributed by atoms with Crippen LogP contribution in [-0.4, -0.2) is 62.5 Å². The monoisotopic (exact) mass is 282 g/mol. The average molecular weight is 282 g/mol. The number of hydrogen-bond donors (Lipinski definition) is 1. The van der Waals surface area contributed by atoms with Gasteiger partial charge in [-0.2, -0.15) is 0 Å². The van der Waals surface area contributed by atoms with Crippen LogP contribution in [0.2, 0.25) is 0 Å². The Hall–Kier alpha value is -1.82. The highest BCUT2D eigenvalue weighted by atomic mass is 19.1. The summed E-state index contributed by atoms with van der Waals surface area (Å²) in [4.78, 5) is 15.5. The van der Waals surface area contributed by atoms with Gasteiger partial charge >= 0.3 is 5.97 Å². The summed E-state index contributed by atoms with van der Waals surface area (Å²) in [5.41, 5.74) is 0.980. The molecule has 5 nitrogen and oxygen atoms in total. The van der Waals surface area contributed by atoms with Crippen LogP contribution in [0.25, 0.3) is 0 Å². The third-order valence-corrected chi connectivity index (χ3v) is 3.40. The number of halogens is 1. The molecule has 0 saturated carbocycles. The van der Waals surface area contributed by atoms with Crippen LogP contribution in [0.4, 0.5) is 10.1 Å². The molecule has 0 bridgehead atoms. The number of nitrogens with zero attached hydrogens (tertiary/aromatic N) is 2. The summed E-state index contributed by atoms with van der Waals surface area (Å²) in [6, 6.07) is 4.98. The second-order valence-electron chi connectivity index (χ2n) is 4.81. The summed E-state index contributed by atoms with van der Waals surface area (Å²) >= 11 is 0. The fraction of sp³-hybridized carbons (Fsp3) is 0.500. The Morgan fingerprint density at radius 1 is 1.35 bits per heavy atom. The van der Waals surface area contributed by atoms with Gasteiger partial charge in [0.25, 0.3) is 0 Å². The molecule has 1 saturated heterocycles. The van der Waals surface area contributed by atoms with Crippen LogP contribution in [-0.2, 0) is 0 Å². The molecule has 6 heteroatoms. The smallest absolute Gasteiger partial charge is 0.339 e. The first kappa shape index (κ1) is 14.6. The van der Waals surface area contributed by atoms with E-state index < -0.39 is 12.6 Å². The minimum Gasteiger partial charge on any atom is -0.490 e. The van der Waals surface area contributed by atoms with Crippen molar-refractivity contribution in [1.82, 2.24) is 4.90 Å². The normalized spacial score (nSPS) is 16.2. The van der Waals surface area contributed by atoms with E-state index in [2.05, 4.69) is 16.8 Å². The summed E-state index contributed by atoms with van der Waals surface area (Å²) in [7, 11) is 2.07. The zero-order valence-electron chi connectivity index (χ0n) is 11.5. The average Bonchev–Trinajstić information content (AvgIpc) is 2.45. The van der Waals surface area contributed by atoms with Crippen molar-refractivity contribution in [3.63, 3.8) is 0 Å². The van der Waals surface area contributed by atoms with Crippen molar-refractivity contribution >= 4 is 11.7 Å². The standard InChI is InChI=1S/C14H19FN2O3/c1-16-5-7-17(8-6-16)11-2-3-12(14(18)19)13(10-11)20-9-4-15/h2-3,10H,4-9H2,1H3,(H,18,19). The number of piperazine rings is 1. The van der Waals surface area contributed by atoms with Gasteiger partial charge in [0, 0.05) is 37.9 Å². The van der Waals surface area contributed by atoms with E-state index >= 15 is 0 Å². The van der Waals surface area contributed by atoms with Gasteiger partial charge in [0.05, 0.1) is 0 Å². The summed E-state index contributed by atoms with van der Waals surface area (Å²) in [6.07, 6.45) is 0. The van der Waals surface area contributed by atoms with Gasteiger partial charge < -0.3 is 19.6 Å². The van der Waals surface area contributed by atoms with Gasteiger partial charge in [0.15, 0.2) is 0 Å². The Bertz CT molecular complexity index is 473. The van der Waals surface area contributed by atoms with E-state index in [9.17, 15) is 9.18 Å². The topological polar surface area (TPSA) is 53.0 Å². The lowest BCUT2D eigenvalue weighted by atomic mass is 10.1. The Labute approximate surface area is 117 Å². The molecule has 1 aliphatic heterocycles. The first-order valence-electron chi connectivity index (χ1n) is 6.61. The molecule has 2 rings (SSSR count). The molecule has 0 aromatic heterocycles. The third kappa shape index (κ3) is 3.39. The number of anilines is 1. The molecule has 0 aliphatic carbocycles. The number of aromatic carboxylic acids is 1. The van der Waals surface area contributed by atoms with Gasteiger partial charge in [-0.15, -0.1) is 0 Å². The zero-order valence-corrected chi connectivity index (χ0v) is 11.5. The van der Waals surface area contributed by atoms with Crippen LogP contribution in [0, 0.1) is 0 Å². The van der Waals surface area contributed by atoms with Crippen LogP contribution >= 0.6 is 0 Å². The first-order chi connectivity index (χ1) is 9.61. The quantitative estimate of drug-likeness (QED) is 0.886. The zero-order chi connectivity index (χ0) is 14.5. The number of rotatable bonds is 5. The molecule has 0 unspecified atom stereocenters. The van der Waals surface area contributed by atoms with E-state index in [1.807, 2.05) is 0 Å². The highest BCUT2D eigenvalue weighted by molar-refractivity contribution is 5.91. The highest BCUT2D eigenvalue weighted by Gasteiger charge is 2.18. The van der Waals surface area contributed by atoms with Crippen molar-refractivity contribution in [2.45, 2.75) is 0 Å². The molecule has 0 spiro atoms. The largest absolute Gasteiger partial charge is 0.490 e. The van der Waals surface area contributed by atoms with Crippen LogP contribution < -0.4 is 9.64 Å². The summed E-state index contributed by atoms with van der Waals surface area (Å²) < 4.78 is 17.4. The van der Waals surface area contributed by atoms with E-state index in [0.717, 1.165) is 31.9 Å². The van der Waals surface area contributed by atoms with Gasteiger partial charge in [-0.3, -0.25) is 0 Å². The second kappa shape index (κ2) is 6.56. The van der Waals surface area contributed by atoms with Gasteiger partial charge in [-0.25, -0.2) is 9.18 Å². The molecule has 1 N–H and O–H groups in total. The van der Waals surface area contributed by atoms with E-state index in [4.69, 9.17) is 9.84 Å². The van der Waals surface area contributed by atoms with Crippen LogP contribution in [0.15, 0.2) is 18.2 Å². The van der Waals surface area contributed by atoms with Crippen molar-refractivity contribution in [1.29, 1.82) is 0 Å². The van der Waals surface area contributed by atoms with E-state index in [-0.39, 0.29) is 17.9 Å². The fourth-order valence-corrected chi connectivity index (χ4v) is 2.22. The molecular weight excluding hydrogens is 263 g/mol. The Morgan fingerprint density at radius 2 is 2.05 bits per heavy atom. The van der Waals surface area contributed by atoms with E-state index in [0.29, 0.717) is 0 Å². The minimum atomic E-state index is -1.07. The predicted octanol–water partition coefficient (Wildman–Crippen LogP) is 1.48. The van der Waals surface area contributed by atoms with Crippen molar-refractivity contribution in [3.8, 4) is 5.75 Å². The first-order valence-corrected chi connectivity index (χ1v) is 6.61. The second-order valence-corrected chi connectivity index (χ2v) is 4.81. The van der Waals surface area contributed by atoms with Crippen LogP contribution in [0.3, 0.4) is 0 Å². The molecule has 1 aromatic carbocycles. The Balaban J connectivity index is 2.20. The predicted molar refractivity (Wildman–Crippen MR) is 74.6 cm³/mol. The number of benzene rings is 1. The summed E-state index contributed by atoms with van der Waals surface area (Å²) in [5, 5.41) is 9.11. The van der Waals surface area contributed by atoms with E-state index in [1.165, 1.54) is 6.07 Å². The van der Waals surface area contributed by atoms with Crippen molar-refractivity contribution in [2.24, 2.45) is 0 Å². The maximum atomic E-state index is 12.2. The summed E-state index contributed by atoms with van der Waals surface area (Å²) in [5.74, 6) is -0.838. The van der Waals surface area contributed by atoms with Crippen molar-refractivity contribution < 1.29 is 19.0 Å². The maximum Gasteiger partial charge on any atom is 0.339 e. The molecule has 1 fully saturated rings. The number of carboxylic acid groups (broad SMARTS) is 1. The van der Waals surface area contributed by atoms with Crippen molar-refractivity contribution in [3.05, 3.63) is 23.8 Å². The number of alkyl halides is 1. The van der Waals surface area contributed by atoms with Gasteiger partial charge in [-0.1, -0.05) is 0 Å². The van der Waals surface area contributed by atoms with Crippen LogP contribution in [0.5, 0.6) is 5.75 Å². The van der Waals surface area contributed by atoms with Crippen molar-refractivity contribution in [2.75, 3.05) is 51.4 Å². The number of likely N-dealkylation sites (N-methyl/N-ethyl adjacent to an activating group) is 1. The number of carbonyl (C=O) groups is 1. The lowest BCUT2D eigenvalue weighted by molar-refractivity contribution is 0.0692. The Kier molecular flexibility index (Phi) is 4.79. The fourth-order valence-electron chi connectivity index (χ4n) is 2.22. The van der Waals surface area contributed by atoms with Crippen LogP contribution in [0.1, 0.15) is 10.4 Å². The molecule has 1 aliphatic rings. The number of carboxylic acids is 1. The molecule has 20 heavy (non-hydrogen) atoms. The number of ether oxygens (including phenoxy) is 1.